The van der Waals surface area contributed by atoms with Crippen molar-refractivity contribution in [3.05, 3.63) is 46.4 Å². The molecule has 1 aromatic carbocycles. The Morgan fingerprint density at radius 2 is 2.20 bits per heavy atom. The van der Waals surface area contributed by atoms with Crippen LogP contribution in [0.2, 0.25) is 5.02 Å². The molecule has 3 aromatic rings. The maximum atomic E-state index is 12.4. The minimum absolute atomic E-state index is 0.0183. The number of hydrogen-bond acceptors (Lipinski definition) is 3. The van der Waals surface area contributed by atoms with Gasteiger partial charge in [0.2, 0.25) is 5.91 Å². The predicted octanol–water partition coefficient (Wildman–Crippen LogP) is 3.09. The van der Waals surface area contributed by atoms with Gasteiger partial charge in [0.05, 0.1) is 23.6 Å². The van der Waals surface area contributed by atoms with Crippen LogP contribution >= 0.6 is 11.6 Å². The highest BCUT2D eigenvalue weighted by Gasteiger charge is 2.21. The van der Waals surface area contributed by atoms with Crippen molar-refractivity contribution in [3.8, 4) is 0 Å². The first kappa shape index (κ1) is 16.2. The second kappa shape index (κ2) is 6.20. The van der Waals surface area contributed by atoms with Crippen LogP contribution in [0.15, 0.2) is 24.3 Å². The number of aromatic nitrogens is 3. The van der Waals surface area contributed by atoms with Crippen LogP contribution in [0.3, 0.4) is 0 Å². The molecule has 3 heterocycles. The van der Waals surface area contributed by atoms with Crippen LogP contribution in [0.1, 0.15) is 17.1 Å². The second-order valence-corrected chi connectivity index (χ2v) is 6.93. The predicted molar refractivity (Wildman–Crippen MR) is 98.9 cm³/mol. The highest BCUT2D eigenvalue weighted by molar-refractivity contribution is 6.35. The Labute approximate surface area is 150 Å². The molecule has 6 nitrogen and oxygen atoms in total. The van der Waals surface area contributed by atoms with Crippen molar-refractivity contribution in [1.29, 1.82) is 0 Å². The van der Waals surface area contributed by atoms with Gasteiger partial charge in [-0.25, -0.2) is 0 Å². The van der Waals surface area contributed by atoms with Crippen molar-refractivity contribution >= 4 is 34.1 Å². The van der Waals surface area contributed by atoms with Crippen LogP contribution in [-0.4, -0.2) is 38.7 Å². The van der Waals surface area contributed by atoms with Crippen LogP contribution in [0.5, 0.6) is 0 Å². The topological polar surface area (TPSA) is 66.0 Å². The molecule has 0 radical (unpaired) electrons. The van der Waals surface area contributed by atoms with Gasteiger partial charge in [0, 0.05) is 41.3 Å². The number of amides is 1. The molecular formula is C18H20ClN5O. The molecule has 0 unspecified atom stereocenters. The first-order chi connectivity index (χ1) is 12.0. The fraction of sp³-hybridized carbons (Fsp3) is 0.333. The summed E-state index contributed by atoms with van der Waals surface area (Å²) in [4.78, 5) is 14.6. The molecule has 1 aliphatic rings. The molecule has 0 fully saturated rings. The van der Waals surface area contributed by atoms with Gasteiger partial charge in [-0.1, -0.05) is 17.7 Å². The van der Waals surface area contributed by atoms with Crippen LogP contribution in [0.25, 0.3) is 10.9 Å². The van der Waals surface area contributed by atoms with Gasteiger partial charge in [-0.05, 0) is 32.0 Å². The normalized spacial score (nSPS) is 14.7. The summed E-state index contributed by atoms with van der Waals surface area (Å²) in [7, 11) is 0. The van der Waals surface area contributed by atoms with E-state index < -0.39 is 0 Å². The summed E-state index contributed by atoms with van der Waals surface area (Å²) < 4.78 is 2.29. The lowest BCUT2D eigenvalue weighted by atomic mass is 10.2. The number of nitrogens with one attached hydrogen (secondary N) is 2. The Kier molecular flexibility index (Phi) is 4.01. The molecule has 4 rings (SSSR count). The molecule has 0 aliphatic carbocycles. The number of benzene rings is 1. The number of anilines is 1. The van der Waals surface area contributed by atoms with Crippen LogP contribution in [0.4, 0.5) is 5.69 Å². The van der Waals surface area contributed by atoms with E-state index in [1.165, 1.54) is 5.69 Å². The van der Waals surface area contributed by atoms with Gasteiger partial charge in [0.15, 0.2) is 0 Å². The summed E-state index contributed by atoms with van der Waals surface area (Å²) in [6.45, 7) is 6.57. The molecule has 130 valence electrons. The largest absolute Gasteiger partial charge is 0.342 e. The lowest BCUT2D eigenvalue weighted by Crippen LogP contribution is -2.38. The van der Waals surface area contributed by atoms with Crippen molar-refractivity contribution in [2.45, 2.75) is 26.9 Å². The average molecular weight is 358 g/mol. The van der Waals surface area contributed by atoms with E-state index in [1.807, 2.05) is 26.0 Å². The summed E-state index contributed by atoms with van der Waals surface area (Å²) in [5.41, 5.74) is 4.82. The van der Waals surface area contributed by atoms with Crippen LogP contribution in [0, 0.1) is 13.8 Å². The summed E-state index contributed by atoms with van der Waals surface area (Å²) >= 11 is 6.31. The molecule has 1 aliphatic heterocycles. The quantitative estimate of drug-likeness (QED) is 0.757. The number of rotatable bonds is 3. The number of aryl methyl sites for hydroxylation is 2. The fourth-order valence-electron chi connectivity index (χ4n) is 3.50. The zero-order chi connectivity index (χ0) is 17.6. The number of carbonyl (C=O) groups is 1. The SMILES string of the molecule is Cc1n[nH]c(C)c1NC(=O)CN1CCn2c(cc3c(Cl)cccc32)C1. The van der Waals surface area contributed by atoms with Crippen LogP contribution < -0.4 is 5.32 Å². The number of fused-ring (bicyclic) bond motifs is 3. The van der Waals surface area contributed by atoms with Gasteiger partial charge in [-0.15, -0.1) is 0 Å². The summed E-state index contributed by atoms with van der Waals surface area (Å²) in [5, 5.41) is 11.8. The van der Waals surface area contributed by atoms with E-state index >= 15 is 0 Å². The number of hydrogen-bond donors (Lipinski definition) is 2. The molecule has 25 heavy (non-hydrogen) atoms. The maximum Gasteiger partial charge on any atom is 0.238 e. The van der Waals surface area contributed by atoms with E-state index in [0.717, 1.165) is 52.6 Å². The van der Waals surface area contributed by atoms with Gasteiger partial charge < -0.3 is 9.88 Å². The van der Waals surface area contributed by atoms with E-state index in [0.29, 0.717) is 6.54 Å². The number of nitrogens with zero attached hydrogens (tertiary/aromatic N) is 3. The number of carbonyl (C=O) groups excluding carboxylic acids is 1. The van der Waals surface area contributed by atoms with Crippen molar-refractivity contribution in [2.24, 2.45) is 0 Å². The summed E-state index contributed by atoms with van der Waals surface area (Å²) in [6, 6.07) is 8.12. The van der Waals surface area contributed by atoms with Gasteiger partial charge in [-0.2, -0.15) is 5.10 Å². The minimum atomic E-state index is -0.0183. The standard InChI is InChI=1S/C18H20ClN5O/c1-11-18(12(2)22-21-11)20-17(25)10-23-6-7-24-13(9-23)8-14-15(19)4-3-5-16(14)24/h3-5,8H,6-7,9-10H2,1-2H3,(H,20,25)(H,21,22). The van der Waals surface area contributed by atoms with E-state index in [-0.39, 0.29) is 5.91 Å². The van der Waals surface area contributed by atoms with Crippen molar-refractivity contribution in [1.82, 2.24) is 19.7 Å². The Balaban J connectivity index is 1.48. The molecule has 7 heteroatoms. The van der Waals surface area contributed by atoms with E-state index in [9.17, 15) is 4.79 Å². The lowest BCUT2D eigenvalue weighted by molar-refractivity contribution is -0.117. The Hall–Kier alpha value is -2.31. The Bertz CT molecular complexity index is 938. The summed E-state index contributed by atoms with van der Waals surface area (Å²) in [5.74, 6) is -0.0183. The van der Waals surface area contributed by atoms with E-state index in [2.05, 4.69) is 37.1 Å². The molecule has 0 atom stereocenters. The average Bonchev–Trinajstić information content (AvgIpc) is 3.10. The molecule has 2 N–H and O–H groups in total. The Morgan fingerprint density at radius 1 is 1.36 bits per heavy atom. The smallest absolute Gasteiger partial charge is 0.238 e. The minimum Gasteiger partial charge on any atom is -0.342 e. The third-order valence-corrected chi connectivity index (χ3v) is 5.09. The van der Waals surface area contributed by atoms with Gasteiger partial charge in [-0.3, -0.25) is 14.8 Å². The molecular weight excluding hydrogens is 338 g/mol. The van der Waals surface area contributed by atoms with E-state index in [4.69, 9.17) is 11.6 Å². The molecule has 0 bridgehead atoms. The molecule has 0 saturated heterocycles. The van der Waals surface area contributed by atoms with Gasteiger partial charge >= 0.3 is 0 Å². The van der Waals surface area contributed by atoms with Crippen molar-refractivity contribution in [3.63, 3.8) is 0 Å². The second-order valence-electron chi connectivity index (χ2n) is 6.53. The maximum absolute atomic E-state index is 12.4. The first-order valence-electron chi connectivity index (χ1n) is 8.33. The lowest BCUT2D eigenvalue weighted by Gasteiger charge is -2.28. The first-order valence-corrected chi connectivity index (χ1v) is 8.71. The monoisotopic (exact) mass is 357 g/mol. The molecule has 2 aromatic heterocycles. The number of H-pyrrole nitrogens is 1. The highest BCUT2D eigenvalue weighted by atomic mass is 35.5. The molecule has 0 saturated carbocycles. The fourth-order valence-corrected chi connectivity index (χ4v) is 3.72. The van der Waals surface area contributed by atoms with Gasteiger partial charge in [0.1, 0.15) is 0 Å². The third kappa shape index (κ3) is 2.92. The van der Waals surface area contributed by atoms with Crippen LogP contribution in [-0.2, 0) is 17.9 Å². The molecule has 0 spiro atoms. The number of halogens is 1. The third-order valence-electron chi connectivity index (χ3n) is 4.76. The zero-order valence-electron chi connectivity index (χ0n) is 14.3. The zero-order valence-corrected chi connectivity index (χ0v) is 15.0. The summed E-state index contributed by atoms with van der Waals surface area (Å²) in [6.07, 6.45) is 0. The molecule has 1 amide bonds. The van der Waals surface area contributed by atoms with E-state index in [1.54, 1.807) is 0 Å². The van der Waals surface area contributed by atoms with Crippen molar-refractivity contribution in [2.75, 3.05) is 18.4 Å². The van der Waals surface area contributed by atoms with Gasteiger partial charge in [0.25, 0.3) is 0 Å². The Morgan fingerprint density at radius 3 is 2.96 bits per heavy atom. The highest BCUT2D eigenvalue weighted by Crippen LogP contribution is 2.29. The number of aromatic amines is 1. The van der Waals surface area contributed by atoms with Crippen molar-refractivity contribution < 1.29 is 4.79 Å².